The molecule has 0 aliphatic carbocycles. The molecule has 0 saturated heterocycles. The molecule has 2 N–H and O–H groups in total. The van der Waals surface area contributed by atoms with Gasteiger partial charge in [-0.05, 0) is 36.3 Å². The van der Waals surface area contributed by atoms with Crippen molar-refractivity contribution in [2.24, 2.45) is 5.41 Å². The van der Waals surface area contributed by atoms with Crippen molar-refractivity contribution in [2.75, 3.05) is 12.8 Å². The largest absolute Gasteiger partial charge is 0.391 e. The van der Waals surface area contributed by atoms with Gasteiger partial charge in [0, 0.05) is 17.5 Å². The first-order chi connectivity index (χ1) is 8.34. The van der Waals surface area contributed by atoms with Crippen molar-refractivity contribution in [1.82, 2.24) is 5.32 Å². The van der Waals surface area contributed by atoms with E-state index in [9.17, 15) is 5.11 Å². The van der Waals surface area contributed by atoms with Crippen molar-refractivity contribution in [2.45, 2.75) is 44.7 Å². The quantitative estimate of drug-likeness (QED) is 0.801. The van der Waals surface area contributed by atoms with Gasteiger partial charge in [0.05, 0.1) is 6.10 Å². The fraction of sp³-hybridized carbons (Fsp3) is 0.600. The first-order valence-corrected chi connectivity index (χ1v) is 7.62. The normalized spacial score (nSPS) is 15.4. The van der Waals surface area contributed by atoms with E-state index in [1.54, 1.807) is 11.8 Å². The topological polar surface area (TPSA) is 32.3 Å². The lowest BCUT2D eigenvalue weighted by Gasteiger charge is -2.27. The van der Waals surface area contributed by atoms with Crippen molar-refractivity contribution in [1.29, 1.82) is 0 Å². The van der Waals surface area contributed by atoms with Gasteiger partial charge in [0.25, 0.3) is 0 Å². The Bertz CT molecular complexity index is 356. The summed E-state index contributed by atoms with van der Waals surface area (Å²) < 4.78 is 0. The first-order valence-electron chi connectivity index (χ1n) is 6.40. The second kappa shape index (κ2) is 6.60. The van der Waals surface area contributed by atoms with E-state index in [0.29, 0.717) is 6.54 Å². The molecular formula is C15H25NOS. The van der Waals surface area contributed by atoms with Crippen LogP contribution in [0.2, 0.25) is 0 Å². The van der Waals surface area contributed by atoms with Gasteiger partial charge in [-0.2, -0.15) is 0 Å². The first kappa shape index (κ1) is 15.5. The SMILES string of the molecule is CSc1ccc(C(C)NCC(O)C(C)(C)C)cc1. The Morgan fingerprint density at radius 1 is 1.22 bits per heavy atom. The second-order valence-corrected chi connectivity index (χ2v) is 6.66. The highest BCUT2D eigenvalue weighted by Gasteiger charge is 2.22. The molecule has 0 amide bonds. The Balaban J connectivity index is 2.52. The Morgan fingerprint density at radius 2 is 1.78 bits per heavy atom. The third kappa shape index (κ3) is 4.63. The van der Waals surface area contributed by atoms with Crippen molar-refractivity contribution in [3.8, 4) is 0 Å². The molecule has 0 spiro atoms. The minimum absolute atomic E-state index is 0.0740. The average molecular weight is 267 g/mol. The molecule has 0 saturated carbocycles. The van der Waals surface area contributed by atoms with Crippen LogP contribution in [0.1, 0.15) is 39.3 Å². The molecule has 102 valence electrons. The zero-order valence-corrected chi connectivity index (χ0v) is 12.8. The molecule has 18 heavy (non-hydrogen) atoms. The number of nitrogens with one attached hydrogen (secondary N) is 1. The minimum Gasteiger partial charge on any atom is -0.391 e. The number of hydrogen-bond acceptors (Lipinski definition) is 3. The molecule has 0 heterocycles. The van der Waals surface area contributed by atoms with E-state index in [-0.39, 0.29) is 17.6 Å². The maximum atomic E-state index is 10.00. The molecule has 0 aromatic heterocycles. The Hall–Kier alpha value is -0.510. The number of hydrogen-bond donors (Lipinski definition) is 2. The van der Waals surface area contributed by atoms with Crippen LogP contribution in [0.15, 0.2) is 29.2 Å². The van der Waals surface area contributed by atoms with Gasteiger partial charge in [-0.15, -0.1) is 11.8 Å². The molecule has 2 unspecified atom stereocenters. The van der Waals surface area contributed by atoms with Crippen LogP contribution in [-0.4, -0.2) is 24.0 Å². The molecule has 0 bridgehead atoms. The lowest BCUT2D eigenvalue weighted by atomic mass is 9.89. The molecule has 1 aromatic rings. The molecule has 0 radical (unpaired) electrons. The summed E-state index contributed by atoms with van der Waals surface area (Å²) in [5, 5.41) is 13.4. The Kier molecular flexibility index (Phi) is 5.70. The second-order valence-electron chi connectivity index (χ2n) is 5.78. The molecule has 2 nitrogen and oxygen atoms in total. The van der Waals surface area contributed by atoms with Gasteiger partial charge in [-0.3, -0.25) is 0 Å². The maximum absolute atomic E-state index is 10.00. The summed E-state index contributed by atoms with van der Waals surface area (Å²) in [6.45, 7) is 8.91. The van der Waals surface area contributed by atoms with E-state index in [1.165, 1.54) is 10.5 Å². The van der Waals surface area contributed by atoms with Crippen molar-refractivity contribution in [3.63, 3.8) is 0 Å². The summed E-state index contributed by atoms with van der Waals surface area (Å²) in [4.78, 5) is 1.28. The summed E-state index contributed by atoms with van der Waals surface area (Å²) in [5.74, 6) is 0. The number of benzene rings is 1. The summed E-state index contributed by atoms with van der Waals surface area (Å²) in [5.41, 5.74) is 1.18. The monoisotopic (exact) mass is 267 g/mol. The van der Waals surface area contributed by atoms with Gasteiger partial charge in [0.1, 0.15) is 0 Å². The fourth-order valence-electron chi connectivity index (χ4n) is 1.61. The van der Waals surface area contributed by atoms with Crippen LogP contribution in [-0.2, 0) is 0 Å². The smallest absolute Gasteiger partial charge is 0.0712 e. The average Bonchev–Trinajstić information content (AvgIpc) is 2.34. The van der Waals surface area contributed by atoms with Crippen molar-refractivity contribution < 1.29 is 5.11 Å². The highest BCUT2D eigenvalue weighted by Crippen LogP contribution is 2.21. The van der Waals surface area contributed by atoms with Gasteiger partial charge in [-0.1, -0.05) is 32.9 Å². The highest BCUT2D eigenvalue weighted by molar-refractivity contribution is 7.98. The lowest BCUT2D eigenvalue weighted by Crippen LogP contribution is -2.37. The van der Waals surface area contributed by atoms with Crippen LogP contribution in [0.4, 0.5) is 0 Å². The third-order valence-corrected chi connectivity index (χ3v) is 3.98. The van der Waals surface area contributed by atoms with Crippen LogP contribution in [0, 0.1) is 5.41 Å². The molecule has 1 rings (SSSR count). The van der Waals surface area contributed by atoms with E-state index in [0.717, 1.165) is 0 Å². The van der Waals surface area contributed by atoms with Crippen molar-refractivity contribution >= 4 is 11.8 Å². The van der Waals surface area contributed by atoms with E-state index in [1.807, 2.05) is 0 Å². The van der Waals surface area contributed by atoms with Crippen LogP contribution in [0.3, 0.4) is 0 Å². The van der Waals surface area contributed by atoms with Gasteiger partial charge < -0.3 is 10.4 Å². The van der Waals surface area contributed by atoms with E-state index < -0.39 is 0 Å². The molecule has 3 heteroatoms. The molecule has 1 aromatic carbocycles. The van der Waals surface area contributed by atoms with Crippen molar-refractivity contribution in [3.05, 3.63) is 29.8 Å². The third-order valence-electron chi connectivity index (χ3n) is 3.23. The number of aliphatic hydroxyl groups excluding tert-OH is 1. The van der Waals surface area contributed by atoms with Crippen LogP contribution >= 0.6 is 11.8 Å². The molecular weight excluding hydrogens is 242 g/mol. The number of aliphatic hydroxyl groups is 1. The number of thioether (sulfide) groups is 1. The van der Waals surface area contributed by atoms with E-state index >= 15 is 0 Å². The van der Waals surface area contributed by atoms with Crippen LogP contribution in [0.25, 0.3) is 0 Å². The minimum atomic E-state index is -0.328. The maximum Gasteiger partial charge on any atom is 0.0712 e. The highest BCUT2D eigenvalue weighted by atomic mass is 32.2. The summed E-state index contributed by atoms with van der Waals surface area (Å²) in [7, 11) is 0. The molecule has 0 fully saturated rings. The van der Waals surface area contributed by atoms with Crippen LogP contribution in [0.5, 0.6) is 0 Å². The zero-order valence-electron chi connectivity index (χ0n) is 12.0. The molecule has 2 atom stereocenters. The summed E-state index contributed by atoms with van der Waals surface area (Å²) in [6.07, 6.45) is 1.75. The van der Waals surface area contributed by atoms with Gasteiger partial charge in [-0.25, -0.2) is 0 Å². The Morgan fingerprint density at radius 3 is 2.22 bits per heavy atom. The predicted molar refractivity (Wildman–Crippen MR) is 80.1 cm³/mol. The van der Waals surface area contributed by atoms with Crippen LogP contribution < -0.4 is 5.32 Å². The standard InChI is InChI=1S/C15H25NOS/c1-11(16-10-14(17)15(2,3)4)12-6-8-13(18-5)9-7-12/h6-9,11,14,16-17H,10H2,1-5H3. The molecule has 0 aliphatic rings. The van der Waals surface area contributed by atoms with E-state index in [2.05, 4.69) is 63.5 Å². The summed E-state index contributed by atoms with van der Waals surface area (Å²) >= 11 is 1.75. The van der Waals surface area contributed by atoms with Gasteiger partial charge in [0.2, 0.25) is 0 Å². The fourth-order valence-corrected chi connectivity index (χ4v) is 2.01. The molecule has 0 aliphatic heterocycles. The van der Waals surface area contributed by atoms with Gasteiger partial charge in [0.15, 0.2) is 0 Å². The Labute approximate surface area is 115 Å². The summed E-state index contributed by atoms with van der Waals surface area (Å²) in [6, 6.07) is 8.83. The zero-order chi connectivity index (χ0) is 13.8. The number of rotatable bonds is 5. The lowest BCUT2D eigenvalue weighted by molar-refractivity contribution is 0.0609. The van der Waals surface area contributed by atoms with Gasteiger partial charge >= 0.3 is 0 Å². The predicted octanol–water partition coefficient (Wildman–Crippen LogP) is 3.47. The van der Waals surface area contributed by atoms with E-state index in [4.69, 9.17) is 0 Å².